The SMILES string of the molecule is CC(=O)OCC([O-])=S.[Na+]. The standard InChI is InChI=1S/C4H6O3S.Na/c1-3(5)7-2-4(6)8;/h2H2,1H3,(H,6,8);/q;+1/p-1. The van der Waals surface area contributed by atoms with Gasteiger partial charge in [-0.3, -0.25) is 4.79 Å². The molecule has 0 spiro atoms. The van der Waals surface area contributed by atoms with Crippen molar-refractivity contribution in [1.82, 2.24) is 0 Å². The van der Waals surface area contributed by atoms with E-state index in [1.54, 1.807) is 0 Å². The summed E-state index contributed by atoms with van der Waals surface area (Å²) >= 11 is 4.08. The molecule has 3 nitrogen and oxygen atoms in total. The number of carbonyl (C=O) groups is 1. The molecule has 0 radical (unpaired) electrons. The molecule has 0 aliphatic carbocycles. The van der Waals surface area contributed by atoms with E-state index in [1.165, 1.54) is 6.92 Å². The Morgan fingerprint density at radius 1 is 1.78 bits per heavy atom. The van der Waals surface area contributed by atoms with Crippen molar-refractivity contribution in [3.63, 3.8) is 0 Å². The predicted molar refractivity (Wildman–Crippen MR) is 29.2 cm³/mol. The van der Waals surface area contributed by atoms with Crippen molar-refractivity contribution < 1.29 is 44.2 Å². The van der Waals surface area contributed by atoms with E-state index in [2.05, 4.69) is 17.0 Å². The third-order valence-electron chi connectivity index (χ3n) is 0.393. The summed E-state index contributed by atoms with van der Waals surface area (Å²) in [5, 5.41) is 9.33. The van der Waals surface area contributed by atoms with E-state index in [-0.39, 0.29) is 36.2 Å². The molecule has 0 fully saturated rings. The van der Waals surface area contributed by atoms with Gasteiger partial charge in [-0.1, -0.05) is 12.2 Å². The molecule has 0 aromatic rings. The van der Waals surface area contributed by atoms with Crippen LogP contribution in [0.2, 0.25) is 0 Å². The van der Waals surface area contributed by atoms with Crippen LogP contribution in [-0.2, 0) is 9.53 Å². The fourth-order valence-electron chi connectivity index (χ4n) is 0.161. The van der Waals surface area contributed by atoms with E-state index in [0.29, 0.717) is 0 Å². The Kier molecular flexibility index (Phi) is 8.69. The maximum absolute atomic E-state index is 9.93. The van der Waals surface area contributed by atoms with E-state index in [0.717, 1.165) is 0 Å². The Bertz CT molecular complexity index is 100. The Balaban J connectivity index is 0. The van der Waals surface area contributed by atoms with Gasteiger partial charge in [0.2, 0.25) is 0 Å². The van der Waals surface area contributed by atoms with Crippen LogP contribution in [0.4, 0.5) is 0 Å². The summed E-state index contributed by atoms with van der Waals surface area (Å²) in [5.74, 6) is -0.483. The molecule has 9 heavy (non-hydrogen) atoms. The normalized spacial score (nSPS) is 7.22. The van der Waals surface area contributed by atoms with Crippen molar-refractivity contribution in [2.75, 3.05) is 6.61 Å². The monoisotopic (exact) mass is 156 g/mol. The summed E-state index contributed by atoms with van der Waals surface area (Å²) in [6.07, 6.45) is 0. The number of rotatable bonds is 2. The third kappa shape index (κ3) is 11.8. The Morgan fingerprint density at radius 3 is 2.33 bits per heavy atom. The van der Waals surface area contributed by atoms with E-state index in [9.17, 15) is 9.90 Å². The molecule has 0 N–H and O–H groups in total. The van der Waals surface area contributed by atoms with Crippen molar-refractivity contribution in [3.05, 3.63) is 0 Å². The van der Waals surface area contributed by atoms with Crippen molar-refractivity contribution in [3.8, 4) is 0 Å². The molecule has 0 bridgehead atoms. The van der Waals surface area contributed by atoms with E-state index < -0.39 is 11.0 Å². The van der Waals surface area contributed by atoms with Crippen molar-refractivity contribution in [2.24, 2.45) is 0 Å². The predicted octanol–water partition coefficient (Wildman–Crippen LogP) is -3.76. The largest absolute Gasteiger partial charge is 1.00 e. The van der Waals surface area contributed by atoms with Gasteiger partial charge in [0, 0.05) is 6.92 Å². The first-order valence-corrected chi connectivity index (χ1v) is 2.37. The Hall–Kier alpha value is 0.360. The Labute approximate surface area is 80.7 Å². The van der Waals surface area contributed by atoms with Gasteiger partial charge in [-0.15, -0.1) is 0 Å². The summed E-state index contributed by atoms with van der Waals surface area (Å²) in [7, 11) is 0. The number of ether oxygens (including phenoxy) is 1. The molecule has 0 aromatic carbocycles. The minimum Gasteiger partial charge on any atom is -0.865 e. The Morgan fingerprint density at radius 2 is 2.22 bits per heavy atom. The topological polar surface area (TPSA) is 49.4 Å². The molecule has 0 atom stereocenters. The average molecular weight is 156 g/mol. The van der Waals surface area contributed by atoms with Gasteiger partial charge in [-0.2, -0.15) is 0 Å². The molecule has 0 aliphatic heterocycles. The van der Waals surface area contributed by atoms with Gasteiger partial charge < -0.3 is 9.84 Å². The van der Waals surface area contributed by atoms with Crippen molar-refractivity contribution >= 4 is 23.2 Å². The molecule has 0 rings (SSSR count). The van der Waals surface area contributed by atoms with Crippen LogP contribution in [0.5, 0.6) is 0 Å². The van der Waals surface area contributed by atoms with Crippen molar-refractivity contribution in [1.29, 1.82) is 0 Å². The molecule has 0 aliphatic rings. The van der Waals surface area contributed by atoms with Gasteiger partial charge in [-0.25, -0.2) is 0 Å². The molecule has 0 aromatic heterocycles. The number of thiocarbonyl (C=S) groups is 1. The fraction of sp³-hybridized carbons (Fsp3) is 0.500. The summed E-state index contributed by atoms with van der Waals surface area (Å²) < 4.78 is 4.21. The summed E-state index contributed by atoms with van der Waals surface area (Å²) in [5.41, 5.74) is 0. The summed E-state index contributed by atoms with van der Waals surface area (Å²) in [6, 6.07) is 0. The molecular formula is C4H5NaO3S. The zero-order valence-electron chi connectivity index (χ0n) is 5.34. The second-order valence-electron chi connectivity index (χ2n) is 1.15. The van der Waals surface area contributed by atoms with Crippen LogP contribution in [0.1, 0.15) is 6.92 Å². The molecule has 5 heteroatoms. The van der Waals surface area contributed by atoms with E-state index in [1.807, 2.05) is 0 Å². The van der Waals surface area contributed by atoms with Crippen molar-refractivity contribution in [2.45, 2.75) is 6.92 Å². The van der Waals surface area contributed by atoms with Gasteiger partial charge in [0.05, 0.1) is 0 Å². The molecule has 46 valence electrons. The van der Waals surface area contributed by atoms with Gasteiger partial charge in [0.1, 0.15) is 6.61 Å². The van der Waals surface area contributed by atoms with Gasteiger partial charge in [0.15, 0.2) is 0 Å². The van der Waals surface area contributed by atoms with Gasteiger partial charge in [-0.05, 0) is 5.05 Å². The first-order valence-electron chi connectivity index (χ1n) is 1.96. The number of carbonyl (C=O) groups excluding carboxylic acids is 1. The van der Waals surface area contributed by atoms with E-state index in [4.69, 9.17) is 0 Å². The number of hydrogen-bond donors (Lipinski definition) is 0. The summed E-state index contributed by atoms with van der Waals surface area (Å²) in [4.78, 5) is 9.93. The first kappa shape index (κ1) is 12.1. The second-order valence-corrected chi connectivity index (χ2v) is 1.61. The van der Waals surface area contributed by atoms with Crippen LogP contribution in [-0.4, -0.2) is 17.6 Å². The molecule has 0 heterocycles. The number of esters is 1. The molecular weight excluding hydrogens is 151 g/mol. The van der Waals surface area contributed by atoms with Crippen LogP contribution in [0.3, 0.4) is 0 Å². The zero-order valence-corrected chi connectivity index (χ0v) is 8.16. The maximum Gasteiger partial charge on any atom is 1.00 e. The van der Waals surface area contributed by atoms with E-state index >= 15 is 0 Å². The number of hydrogen-bond acceptors (Lipinski definition) is 4. The second kappa shape index (κ2) is 6.48. The molecule has 0 unspecified atom stereocenters. The third-order valence-corrected chi connectivity index (χ3v) is 0.511. The molecule has 0 amide bonds. The quantitative estimate of drug-likeness (QED) is 0.234. The van der Waals surface area contributed by atoms with Crippen LogP contribution in [0, 0.1) is 0 Å². The van der Waals surface area contributed by atoms with Gasteiger partial charge >= 0.3 is 35.5 Å². The fourth-order valence-corrected chi connectivity index (χ4v) is 0.219. The zero-order chi connectivity index (χ0) is 6.57. The summed E-state index contributed by atoms with van der Waals surface area (Å²) in [6.45, 7) is 0.933. The first-order chi connectivity index (χ1) is 3.63. The van der Waals surface area contributed by atoms with Crippen LogP contribution in [0.15, 0.2) is 0 Å². The minimum atomic E-state index is -0.555. The molecule has 0 saturated carbocycles. The smallest absolute Gasteiger partial charge is 0.865 e. The maximum atomic E-state index is 9.93. The minimum absolute atomic E-state index is 0. The van der Waals surface area contributed by atoms with Gasteiger partial charge in [0.25, 0.3) is 0 Å². The average Bonchev–Trinajstić information content (AvgIpc) is 1.61. The van der Waals surface area contributed by atoms with Crippen LogP contribution < -0.4 is 34.7 Å². The van der Waals surface area contributed by atoms with Crippen LogP contribution in [0.25, 0.3) is 0 Å². The van der Waals surface area contributed by atoms with Crippen LogP contribution >= 0.6 is 12.2 Å². The molecule has 0 saturated heterocycles.